The second kappa shape index (κ2) is 3.58. The first-order valence-corrected chi connectivity index (χ1v) is 4.76. The van der Waals surface area contributed by atoms with Gasteiger partial charge in [-0.2, -0.15) is 0 Å². The molecule has 0 bridgehead atoms. The third-order valence-electron chi connectivity index (χ3n) is 2.33. The lowest BCUT2D eigenvalue weighted by Crippen LogP contribution is -1.93. The first-order chi connectivity index (χ1) is 6.81. The van der Waals surface area contributed by atoms with E-state index in [1.54, 1.807) is 12.1 Å². The summed E-state index contributed by atoms with van der Waals surface area (Å²) in [6, 6.07) is 11.4. The SMILES string of the molecule is CCn1cccc1-c1ccc(O)cc1. The predicted octanol–water partition coefficient (Wildman–Crippen LogP) is 2.88. The first kappa shape index (κ1) is 8.88. The van der Waals surface area contributed by atoms with Crippen molar-refractivity contribution in [3.8, 4) is 17.0 Å². The zero-order valence-corrected chi connectivity index (χ0v) is 8.14. The summed E-state index contributed by atoms with van der Waals surface area (Å²) in [6.45, 7) is 3.08. The largest absolute Gasteiger partial charge is 0.508 e. The van der Waals surface area contributed by atoms with Crippen molar-refractivity contribution in [1.82, 2.24) is 4.57 Å². The van der Waals surface area contributed by atoms with Crippen molar-refractivity contribution in [2.75, 3.05) is 0 Å². The number of hydrogen-bond acceptors (Lipinski definition) is 1. The van der Waals surface area contributed by atoms with Crippen molar-refractivity contribution in [2.24, 2.45) is 0 Å². The molecule has 1 aromatic heterocycles. The molecule has 0 fully saturated rings. The van der Waals surface area contributed by atoms with Crippen LogP contribution >= 0.6 is 0 Å². The molecule has 0 spiro atoms. The van der Waals surface area contributed by atoms with Gasteiger partial charge < -0.3 is 9.67 Å². The van der Waals surface area contributed by atoms with Crippen LogP contribution in [0, 0.1) is 0 Å². The maximum Gasteiger partial charge on any atom is 0.115 e. The Morgan fingerprint density at radius 1 is 1.14 bits per heavy atom. The van der Waals surface area contributed by atoms with Crippen LogP contribution in [0.5, 0.6) is 5.75 Å². The Balaban J connectivity index is 2.44. The van der Waals surface area contributed by atoms with Crippen LogP contribution in [0.4, 0.5) is 0 Å². The van der Waals surface area contributed by atoms with Gasteiger partial charge in [0.05, 0.1) is 0 Å². The second-order valence-corrected chi connectivity index (χ2v) is 3.23. The summed E-state index contributed by atoms with van der Waals surface area (Å²) >= 11 is 0. The highest BCUT2D eigenvalue weighted by Crippen LogP contribution is 2.22. The van der Waals surface area contributed by atoms with E-state index in [9.17, 15) is 5.11 Å². The molecule has 2 heteroatoms. The van der Waals surface area contributed by atoms with E-state index in [4.69, 9.17) is 0 Å². The Hall–Kier alpha value is -1.70. The average molecular weight is 187 g/mol. The summed E-state index contributed by atoms with van der Waals surface area (Å²) in [5.41, 5.74) is 2.32. The molecular formula is C12H13NO. The normalized spacial score (nSPS) is 10.4. The molecule has 0 unspecified atom stereocenters. The average Bonchev–Trinajstić information content (AvgIpc) is 2.67. The smallest absolute Gasteiger partial charge is 0.115 e. The molecule has 2 rings (SSSR count). The van der Waals surface area contributed by atoms with Gasteiger partial charge in [-0.05, 0) is 48.9 Å². The topological polar surface area (TPSA) is 25.2 Å². The number of nitrogens with zero attached hydrogens (tertiary/aromatic N) is 1. The number of aromatic nitrogens is 1. The minimum atomic E-state index is 0.309. The van der Waals surface area contributed by atoms with Crippen molar-refractivity contribution in [1.29, 1.82) is 0 Å². The van der Waals surface area contributed by atoms with Gasteiger partial charge in [-0.1, -0.05) is 0 Å². The Labute approximate surface area is 83.4 Å². The molecule has 0 aliphatic carbocycles. The van der Waals surface area contributed by atoms with E-state index in [1.165, 1.54) is 5.69 Å². The van der Waals surface area contributed by atoms with E-state index in [1.807, 2.05) is 18.2 Å². The van der Waals surface area contributed by atoms with Gasteiger partial charge in [0.15, 0.2) is 0 Å². The van der Waals surface area contributed by atoms with Gasteiger partial charge in [-0.15, -0.1) is 0 Å². The molecule has 0 atom stereocenters. The van der Waals surface area contributed by atoms with Gasteiger partial charge in [-0.25, -0.2) is 0 Å². The van der Waals surface area contributed by atoms with Crippen LogP contribution in [-0.4, -0.2) is 9.67 Å². The number of rotatable bonds is 2. The van der Waals surface area contributed by atoms with Gasteiger partial charge in [0, 0.05) is 18.4 Å². The van der Waals surface area contributed by atoms with E-state index in [0.29, 0.717) is 5.75 Å². The van der Waals surface area contributed by atoms with Crippen LogP contribution in [0.3, 0.4) is 0 Å². The van der Waals surface area contributed by atoms with E-state index in [0.717, 1.165) is 12.1 Å². The molecule has 1 heterocycles. The summed E-state index contributed by atoms with van der Waals surface area (Å²) in [7, 11) is 0. The molecule has 0 aliphatic heterocycles. The van der Waals surface area contributed by atoms with Crippen LogP contribution in [0.2, 0.25) is 0 Å². The standard InChI is InChI=1S/C12H13NO/c1-2-13-9-3-4-12(13)10-5-7-11(14)8-6-10/h3-9,14H,2H2,1H3. The first-order valence-electron chi connectivity index (χ1n) is 4.76. The molecule has 2 nitrogen and oxygen atoms in total. The van der Waals surface area contributed by atoms with E-state index < -0.39 is 0 Å². The number of aromatic hydroxyl groups is 1. The summed E-state index contributed by atoms with van der Waals surface area (Å²) in [5, 5.41) is 9.17. The summed E-state index contributed by atoms with van der Waals surface area (Å²) in [5.74, 6) is 0.309. The molecule has 0 saturated heterocycles. The maximum atomic E-state index is 9.17. The Bertz CT molecular complexity index is 414. The highest BCUT2D eigenvalue weighted by Gasteiger charge is 2.01. The maximum absolute atomic E-state index is 9.17. The predicted molar refractivity (Wildman–Crippen MR) is 57.2 cm³/mol. The minimum absolute atomic E-state index is 0.309. The molecule has 1 aromatic carbocycles. The molecule has 0 saturated carbocycles. The number of phenolic OH excluding ortho intramolecular Hbond substituents is 1. The fourth-order valence-electron chi connectivity index (χ4n) is 1.58. The number of benzene rings is 1. The summed E-state index contributed by atoms with van der Waals surface area (Å²) in [6.07, 6.45) is 2.06. The molecule has 72 valence electrons. The van der Waals surface area contributed by atoms with Crippen LogP contribution in [-0.2, 0) is 6.54 Å². The van der Waals surface area contributed by atoms with Crippen molar-refractivity contribution >= 4 is 0 Å². The van der Waals surface area contributed by atoms with E-state index in [-0.39, 0.29) is 0 Å². The number of phenols is 1. The molecule has 14 heavy (non-hydrogen) atoms. The van der Waals surface area contributed by atoms with Gasteiger partial charge in [0.1, 0.15) is 5.75 Å². The Morgan fingerprint density at radius 3 is 2.50 bits per heavy atom. The Kier molecular flexibility index (Phi) is 2.27. The Morgan fingerprint density at radius 2 is 1.86 bits per heavy atom. The zero-order chi connectivity index (χ0) is 9.97. The second-order valence-electron chi connectivity index (χ2n) is 3.23. The fraction of sp³-hybridized carbons (Fsp3) is 0.167. The van der Waals surface area contributed by atoms with Crippen LogP contribution in [0.15, 0.2) is 42.6 Å². The quantitative estimate of drug-likeness (QED) is 0.768. The van der Waals surface area contributed by atoms with Gasteiger partial charge >= 0.3 is 0 Å². The monoisotopic (exact) mass is 187 g/mol. The zero-order valence-electron chi connectivity index (χ0n) is 8.14. The number of hydrogen-bond donors (Lipinski definition) is 1. The van der Waals surface area contributed by atoms with E-state index >= 15 is 0 Å². The van der Waals surface area contributed by atoms with Crippen molar-refractivity contribution in [3.05, 3.63) is 42.6 Å². The van der Waals surface area contributed by atoms with Gasteiger partial charge in [-0.3, -0.25) is 0 Å². The molecule has 0 amide bonds. The van der Waals surface area contributed by atoms with Crippen molar-refractivity contribution in [2.45, 2.75) is 13.5 Å². The third kappa shape index (κ3) is 1.51. The van der Waals surface area contributed by atoms with Crippen LogP contribution in [0.25, 0.3) is 11.3 Å². The van der Waals surface area contributed by atoms with Crippen molar-refractivity contribution in [3.63, 3.8) is 0 Å². The summed E-state index contributed by atoms with van der Waals surface area (Å²) < 4.78 is 2.17. The summed E-state index contributed by atoms with van der Waals surface area (Å²) in [4.78, 5) is 0. The molecule has 1 N–H and O–H groups in total. The third-order valence-corrected chi connectivity index (χ3v) is 2.33. The lowest BCUT2D eigenvalue weighted by atomic mass is 10.1. The van der Waals surface area contributed by atoms with Crippen molar-refractivity contribution < 1.29 is 5.11 Å². The molecular weight excluding hydrogens is 174 g/mol. The van der Waals surface area contributed by atoms with Gasteiger partial charge in [0.2, 0.25) is 0 Å². The highest BCUT2D eigenvalue weighted by molar-refractivity contribution is 5.60. The lowest BCUT2D eigenvalue weighted by Gasteiger charge is -2.06. The molecule has 0 radical (unpaired) electrons. The number of aryl methyl sites for hydroxylation is 1. The lowest BCUT2D eigenvalue weighted by molar-refractivity contribution is 0.475. The molecule has 2 aromatic rings. The van der Waals surface area contributed by atoms with Crippen LogP contribution < -0.4 is 0 Å². The fourth-order valence-corrected chi connectivity index (χ4v) is 1.58. The van der Waals surface area contributed by atoms with E-state index in [2.05, 4.69) is 23.8 Å². The van der Waals surface area contributed by atoms with Gasteiger partial charge in [0.25, 0.3) is 0 Å². The highest BCUT2D eigenvalue weighted by atomic mass is 16.3. The minimum Gasteiger partial charge on any atom is -0.508 e. The molecule has 0 aliphatic rings. The van der Waals surface area contributed by atoms with Crippen LogP contribution in [0.1, 0.15) is 6.92 Å².